The van der Waals surface area contributed by atoms with E-state index in [1.54, 1.807) is 0 Å². The highest BCUT2D eigenvalue weighted by molar-refractivity contribution is 5.38. The van der Waals surface area contributed by atoms with Crippen molar-refractivity contribution in [3.05, 3.63) is 23.9 Å². The fraction of sp³-hybridized carbons (Fsp3) is 0.583. The van der Waals surface area contributed by atoms with Crippen LogP contribution in [0.5, 0.6) is 0 Å². The Morgan fingerprint density at radius 2 is 1.93 bits per heavy atom. The third-order valence-electron chi connectivity index (χ3n) is 2.87. The number of hydrogen-bond acceptors (Lipinski definition) is 2. The molecule has 1 aromatic heterocycles. The van der Waals surface area contributed by atoms with Gasteiger partial charge in [0.25, 0.3) is 0 Å². The molecular weight excluding hydrogens is 172 g/mol. The van der Waals surface area contributed by atoms with Crippen LogP contribution in [-0.2, 0) is 5.41 Å². The Morgan fingerprint density at radius 1 is 1.29 bits per heavy atom. The summed E-state index contributed by atoms with van der Waals surface area (Å²) in [5.41, 5.74) is 1.54. The quantitative estimate of drug-likeness (QED) is 0.732. The fourth-order valence-corrected chi connectivity index (χ4v) is 1.26. The van der Waals surface area contributed by atoms with Gasteiger partial charge in [0.1, 0.15) is 5.82 Å². The predicted octanol–water partition coefficient (Wildman–Crippen LogP) is 2.84. The Kier molecular flexibility index (Phi) is 3.14. The van der Waals surface area contributed by atoms with Gasteiger partial charge in [0.2, 0.25) is 0 Å². The molecule has 0 saturated carbocycles. The van der Waals surface area contributed by atoms with E-state index in [4.69, 9.17) is 0 Å². The largest absolute Gasteiger partial charge is 0.363 e. The maximum Gasteiger partial charge on any atom is 0.127 e. The number of aromatic nitrogens is 1. The fourth-order valence-electron chi connectivity index (χ4n) is 1.26. The summed E-state index contributed by atoms with van der Waals surface area (Å²) in [6, 6.07) is 4.25. The molecule has 0 aliphatic rings. The zero-order valence-corrected chi connectivity index (χ0v) is 9.83. The first-order valence-electron chi connectivity index (χ1n) is 5.11. The van der Waals surface area contributed by atoms with E-state index in [0.29, 0.717) is 0 Å². The Labute approximate surface area is 87.0 Å². The molecule has 78 valence electrons. The van der Waals surface area contributed by atoms with Crippen molar-refractivity contribution in [3.63, 3.8) is 0 Å². The molecule has 0 bridgehead atoms. The Balaban J connectivity index is 2.94. The van der Waals surface area contributed by atoms with Gasteiger partial charge >= 0.3 is 0 Å². The summed E-state index contributed by atoms with van der Waals surface area (Å²) >= 11 is 0. The molecule has 0 unspecified atom stereocenters. The summed E-state index contributed by atoms with van der Waals surface area (Å²) in [5.74, 6) is 1.01. The topological polar surface area (TPSA) is 16.1 Å². The first-order valence-corrected chi connectivity index (χ1v) is 5.11. The lowest BCUT2D eigenvalue weighted by molar-refractivity contribution is 0.504. The maximum atomic E-state index is 4.42. The smallest absolute Gasteiger partial charge is 0.127 e. The van der Waals surface area contributed by atoms with Gasteiger partial charge in [-0.1, -0.05) is 26.8 Å². The van der Waals surface area contributed by atoms with Crippen LogP contribution in [0.2, 0.25) is 0 Å². The van der Waals surface area contributed by atoms with Crippen LogP contribution in [0.15, 0.2) is 18.3 Å². The van der Waals surface area contributed by atoms with E-state index in [9.17, 15) is 0 Å². The van der Waals surface area contributed by atoms with Crippen LogP contribution in [0.1, 0.15) is 32.8 Å². The molecule has 2 nitrogen and oxygen atoms in total. The Bertz CT molecular complexity index is 286. The molecule has 0 radical (unpaired) electrons. The highest BCUT2D eigenvalue weighted by Crippen LogP contribution is 2.26. The minimum absolute atomic E-state index is 0.234. The summed E-state index contributed by atoms with van der Waals surface area (Å²) in [6.07, 6.45) is 3.12. The van der Waals surface area contributed by atoms with Gasteiger partial charge in [-0.15, -0.1) is 0 Å². The molecule has 0 N–H and O–H groups in total. The molecule has 0 spiro atoms. The van der Waals surface area contributed by atoms with Crippen molar-refractivity contribution in [2.24, 2.45) is 0 Å². The van der Waals surface area contributed by atoms with Crippen molar-refractivity contribution in [1.82, 2.24) is 4.98 Å². The predicted molar refractivity (Wildman–Crippen MR) is 61.9 cm³/mol. The molecule has 1 rings (SSSR count). The SMILES string of the molecule is CCC(C)(C)c1ccc(N(C)C)nc1. The lowest BCUT2D eigenvalue weighted by atomic mass is 9.83. The minimum atomic E-state index is 0.234. The summed E-state index contributed by atoms with van der Waals surface area (Å²) in [6.45, 7) is 6.71. The van der Waals surface area contributed by atoms with Gasteiger partial charge < -0.3 is 4.90 Å². The van der Waals surface area contributed by atoms with Crippen LogP contribution in [0.25, 0.3) is 0 Å². The van der Waals surface area contributed by atoms with Crippen molar-refractivity contribution in [2.45, 2.75) is 32.6 Å². The van der Waals surface area contributed by atoms with E-state index in [1.165, 1.54) is 5.56 Å². The molecular formula is C12H20N2. The number of nitrogens with zero attached hydrogens (tertiary/aromatic N) is 2. The van der Waals surface area contributed by atoms with Gasteiger partial charge in [-0.25, -0.2) is 4.98 Å². The monoisotopic (exact) mass is 192 g/mol. The molecule has 0 fully saturated rings. The first kappa shape index (κ1) is 11.0. The van der Waals surface area contributed by atoms with E-state index in [1.807, 2.05) is 25.2 Å². The normalized spacial score (nSPS) is 11.5. The van der Waals surface area contributed by atoms with Crippen LogP contribution in [0.4, 0.5) is 5.82 Å². The van der Waals surface area contributed by atoms with Gasteiger partial charge in [-0.2, -0.15) is 0 Å². The van der Waals surface area contributed by atoms with Gasteiger partial charge in [-0.3, -0.25) is 0 Å². The number of pyridine rings is 1. The number of rotatable bonds is 3. The second-order valence-electron chi connectivity index (χ2n) is 4.54. The third kappa shape index (κ3) is 2.25. The first-order chi connectivity index (χ1) is 6.47. The summed E-state index contributed by atoms with van der Waals surface area (Å²) in [5, 5.41) is 0. The molecule has 0 amide bonds. The molecule has 0 aromatic carbocycles. The molecule has 2 heteroatoms. The van der Waals surface area contributed by atoms with Crippen LogP contribution in [0.3, 0.4) is 0 Å². The second-order valence-corrected chi connectivity index (χ2v) is 4.54. The van der Waals surface area contributed by atoms with Crippen molar-refractivity contribution < 1.29 is 0 Å². The van der Waals surface area contributed by atoms with E-state index < -0.39 is 0 Å². The van der Waals surface area contributed by atoms with Gasteiger partial charge in [0, 0.05) is 20.3 Å². The van der Waals surface area contributed by atoms with Crippen molar-refractivity contribution in [3.8, 4) is 0 Å². The summed E-state index contributed by atoms with van der Waals surface area (Å²) < 4.78 is 0. The van der Waals surface area contributed by atoms with E-state index in [0.717, 1.165) is 12.2 Å². The molecule has 0 atom stereocenters. The Morgan fingerprint density at radius 3 is 2.29 bits per heavy atom. The maximum absolute atomic E-state index is 4.42. The van der Waals surface area contributed by atoms with E-state index in [2.05, 4.69) is 37.9 Å². The zero-order chi connectivity index (χ0) is 10.8. The van der Waals surface area contributed by atoms with Crippen LogP contribution in [-0.4, -0.2) is 19.1 Å². The van der Waals surface area contributed by atoms with Crippen LogP contribution >= 0.6 is 0 Å². The molecule has 0 aliphatic carbocycles. The summed E-state index contributed by atoms with van der Waals surface area (Å²) in [4.78, 5) is 6.43. The average molecular weight is 192 g/mol. The standard InChI is InChI=1S/C12H20N2/c1-6-12(2,3)10-7-8-11(13-9-10)14(4)5/h7-9H,6H2,1-5H3. The molecule has 1 aromatic rings. The third-order valence-corrected chi connectivity index (χ3v) is 2.87. The second kappa shape index (κ2) is 3.99. The molecule has 0 aliphatic heterocycles. The van der Waals surface area contributed by atoms with Gasteiger partial charge in [0.15, 0.2) is 0 Å². The van der Waals surface area contributed by atoms with Crippen LogP contribution < -0.4 is 4.90 Å². The number of anilines is 1. The van der Waals surface area contributed by atoms with Gasteiger partial charge in [0.05, 0.1) is 0 Å². The summed E-state index contributed by atoms with van der Waals surface area (Å²) in [7, 11) is 4.01. The van der Waals surface area contributed by atoms with Gasteiger partial charge in [-0.05, 0) is 23.5 Å². The van der Waals surface area contributed by atoms with E-state index in [-0.39, 0.29) is 5.41 Å². The van der Waals surface area contributed by atoms with E-state index >= 15 is 0 Å². The Hall–Kier alpha value is -1.05. The zero-order valence-electron chi connectivity index (χ0n) is 9.83. The molecule has 14 heavy (non-hydrogen) atoms. The average Bonchev–Trinajstić information content (AvgIpc) is 2.18. The highest BCUT2D eigenvalue weighted by Gasteiger charge is 2.18. The highest BCUT2D eigenvalue weighted by atomic mass is 15.1. The van der Waals surface area contributed by atoms with Crippen LogP contribution in [0, 0.1) is 0 Å². The van der Waals surface area contributed by atoms with Crippen molar-refractivity contribution in [1.29, 1.82) is 0 Å². The lowest BCUT2D eigenvalue weighted by Gasteiger charge is -2.23. The molecule has 1 heterocycles. The van der Waals surface area contributed by atoms with Crippen molar-refractivity contribution >= 4 is 5.82 Å². The number of hydrogen-bond donors (Lipinski definition) is 0. The molecule has 0 saturated heterocycles. The van der Waals surface area contributed by atoms with Crippen molar-refractivity contribution in [2.75, 3.05) is 19.0 Å². The minimum Gasteiger partial charge on any atom is -0.363 e. The lowest BCUT2D eigenvalue weighted by Crippen LogP contribution is -2.17.